The summed E-state index contributed by atoms with van der Waals surface area (Å²) in [5.41, 5.74) is 1.64. The fourth-order valence-electron chi connectivity index (χ4n) is 2.46. The Morgan fingerprint density at radius 3 is 2.41 bits per heavy atom. The average Bonchev–Trinajstić information content (AvgIpc) is 2.73. The topological polar surface area (TPSA) is 88.8 Å². The summed E-state index contributed by atoms with van der Waals surface area (Å²) in [5, 5.41) is 8.91. The van der Waals surface area contributed by atoms with Crippen LogP contribution in [-0.2, 0) is 9.73 Å². The minimum Gasteiger partial charge on any atom is -0.497 e. The van der Waals surface area contributed by atoms with Crippen LogP contribution in [0.3, 0.4) is 0 Å². The van der Waals surface area contributed by atoms with Crippen molar-refractivity contribution >= 4 is 21.4 Å². The quantitative estimate of drug-likeness (QED) is 0.662. The molecule has 0 spiro atoms. The first-order chi connectivity index (χ1) is 13.9. The second-order valence-electron chi connectivity index (χ2n) is 6.07. The van der Waals surface area contributed by atoms with Crippen molar-refractivity contribution in [2.45, 2.75) is 4.90 Å². The van der Waals surface area contributed by atoms with Crippen molar-refractivity contribution < 1.29 is 18.8 Å². The fourth-order valence-corrected chi connectivity index (χ4v) is 3.74. The Balaban J connectivity index is 1.96. The Bertz CT molecular complexity index is 1210. The number of pyridine rings is 1. The molecule has 7 heteroatoms. The molecule has 1 unspecified atom stereocenters. The fraction of sp³-hybridized carbons (Fsp3) is 0.0909. The number of carbonyl (C=O) groups is 1. The highest BCUT2D eigenvalue weighted by atomic mass is 32.2. The number of ether oxygens (including phenoxy) is 1. The molecule has 0 saturated carbocycles. The van der Waals surface area contributed by atoms with E-state index in [1.54, 1.807) is 61.9 Å². The van der Waals surface area contributed by atoms with Gasteiger partial charge in [0.1, 0.15) is 11.4 Å². The van der Waals surface area contributed by atoms with Gasteiger partial charge in [0.05, 0.1) is 28.1 Å². The summed E-state index contributed by atoms with van der Waals surface area (Å²) in [6.45, 7) is 0. The van der Waals surface area contributed by atoms with E-state index in [2.05, 4.69) is 21.2 Å². The van der Waals surface area contributed by atoms with Crippen molar-refractivity contribution in [3.8, 4) is 17.6 Å². The summed E-state index contributed by atoms with van der Waals surface area (Å²) in [6.07, 6.45) is 2.98. The predicted octanol–water partition coefficient (Wildman–Crippen LogP) is 3.98. The second kappa shape index (κ2) is 8.59. The lowest BCUT2D eigenvalue weighted by molar-refractivity contribution is 0.0690. The van der Waals surface area contributed by atoms with Gasteiger partial charge in [-0.05, 0) is 48.5 Å². The molecule has 0 radical (unpaired) electrons. The third-order valence-corrected chi connectivity index (χ3v) is 5.69. The van der Waals surface area contributed by atoms with Crippen LogP contribution in [0.2, 0.25) is 0 Å². The van der Waals surface area contributed by atoms with Crippen molar-refractivity contribution in [1.82, 2.24) is 4.98 Å². The second-order valence-corrected chi connectivity index (χ2v) is 8.33. The van der Waals surface area contributed by atoms with Crippen molar-refractivity contribution in [3.63, 3.8) is 0 Å². The number of aromatic carboxylic acids is 1. The van der Waals surface area contributed by atoms with Crippen molar-refractivity contribution in [3.05, 3.63) is 83.7 Å². The number of aromatic nitrogens is 1. The lowest BCUT2D eigenvalue weighted by Crippen LogP contribution is -1.99. The molecule has 29 heavy (non-hydrogen) atoms. The first kappa shape index (κ1) is 20.1. The van der Waals surface area contributed by atoms with E-state index in [1.807, 2.05) is 6.07 Å². The average molecular weight is 406 g/mol. The van der Waals surface area contributed by atoms with E-state index in [4.69, 9.17) is 9.84 Å². The van der Waals surface area contributed by atoms with E-state index in [1.165, 1.54) is 12.3 Å². The SMILES string of the molecule is COc1ccc(S(C)(=O)=Nc2ccccc2C#Cc2ccc(C(=O)O)nc2)cc1. The normalized spacial score (nSPS) is 12.2. The number of hydrogen-bond donors (Lipinski definition) is 1. The zero-order valence-corrected chi connectivity index (χ0v) is 16.6. The number of rotatable bonds is 4. The van der Waals surface area contributed by atoms with Crippen LogP contribution in [0.5, 0.6) is 5.75 Å². The number of nitrogens with zero attached hydrogens (tertiary/aromatic N) is 2. The van der Waals surface area contributed by atoms with Crippen LogP contribution >= 0.6 is 0 Å². The summed E-state index contributed by atoms with van der Waals surface area (Å²) in [7, 11) is -1.11. The van der Waals surface area contributed by atoms with E-state index in [-0.39, 0.29) is 5.69 Å². The molecule has 3 rings (SSSR count). The van der Waals surface area contributed by atoms with Gasteiger partial charge < -0.3 is 9.84 Å². The number of hydrogen-bond acceptors (Lipinski definition) is 5. The molecular weight excluding hydrogens is 388 g/mol. The van der Waals surface area contributed by atoms with Crippen LogP contribution in [0, 0.1) is 11.8 Å². The predicted molar refractivity (Wildman–Crippen MR) is 111 cm³/mol. The smallest absolute Gasteiger partial charge is 0.354 e. The molecule has 0 fully saturated rings. The molecule has 2 aromatic carbocycles. The van der Waals surface area contributed by atoms with Gasteiger partial charge in [-0.2, -0.15) is 4.36 Å². The maximum atomic E-state index is 13.2. The molecule has 6 nitrogen and oxygen atoms in total. The molecule has 1 heterocycles. The molecule has 146 valence electrons. The summed E-state index contributed by atoms with van der Waals surface area (Å²) in [6, 6.07) is 17.1. The van der Waals surface area contributed by atoms with Crippen LogP contribution in [0.4, 0.5) is 5.69 Å². The standard InChI is InChI=1S/C22H18N2O4S/c1-28-18-10-12-19(13-11-18)29(2,27)24-20-6-4-3-5-17(20)9-7-16-8-14-21(22(25)26)23-15-16/h3-6,8,10-15H,1-2H3,(H,25,26). The Hall–Kier alpha value is -3.63. The highest BCUT2D eigenvalue weighted by molar-refractivity contribution is 7.93. The highest BCUT2D eigenvalue weighted by Gasteiger charge is 2.08. The first-order valence-corrected chi connectivity index (χ1v) is 10.5. The van der Waals surface area contributed by atoms with Gasteiger partial charge in [-0.1, -0.05) is 24.0 Å². The number of benzene rings is 2. The van der Waals surface area contributed by atoms with Gasteiger partial charge in [-0.25, -0.2) is 14.0 Å². The maximum absolute atomic E-state index is 13.2. The van der Waals surface area contributed by atoms with Gasteiger partial charge in [-0.3, -0.25) is 0 Å². The van der Waals surface area contributed by atoms with Crippen molar-refractivity contribution in [1.29, 1.82) is 0 Å². The highest BCUT2D eigenvalue weighted by Crippen LogP contribution is 2.24. The summed E-state index contributed by atoms with van der Waals surface area (Å²) in [5.74, 6) is 5.51. The van der Waals surface area contributed by atoms with Gasteiger partial charge in [0.15, 0.2) is 0 Å². The molecular formula is C22H18N2O4S. The third-order valence-electron chi connectivity index (χ3n) is 4.00. The minimum atomic E-state index is -2.68. The van der Waals surface area contributed by atoms with Crippen LogP contribution in [0.15, 0.2) is 76.1 Å². The Kier molecular flexibility index (Phi) is 5.96. The summed E-state index contributed by atoms with van der Waals surface area (Å²) in [4.78, 5) is 15.3. The zero-order valence-electron chi connectivity index (χ0n) is 15.8. The van der Waals surface area contributed by atoms with Crippen LogP contribution in [-0.4, -0.2) is 33.6 Å². The minimum absolute atomic E-state index is 0.0452. The zero-order chi connectivity index (χ0) is 20.9. The Morgan fingerprint density at radius 2 is 1.79 bits per heavy atom. The molecule has 0 aliphatic heterocycles. The number of carboxylic acids is 1. The molecule has 0 bridgehead atoms. The maximum Gasteiger partial charge on any atom is 0.354 e. The van der Waals surface area contributed by atoms with Gasteiger partial charge in [-0.15, -0.1) is 0 Å². The molecule has 1 atom stereocenters. The molecule has 1 aromatic heterocycles. The summed E-state index contributed by atoms with van der Waals surface area (Å²) >= 11 is 0. The van der Waals surface area contributed by atoms with Crippen molar-refractivity contribution in [2.75, 3.05) is 13.4 Å². The molecule has 0 aliphatic rings. The van der Waals surface area contributed by atoms with E-state index >= 15 is 0 Å². The van der Waals surface area contributed by atoms with Crippen LogP contribution < -0.4 is 4.74 Å². The van der Waals surface area contributed by atoms with Crippen LogP contribution in [0.1, 0.15) is 21.6 Å². The molecule has 0 aliphatic carbocycles. The molecule has 0 amide bonds. The number of methoxy groups -OCH3 is 1. The van der Waals surface area contributed by atoms with Crippen molar-refractivity contribution in [2.24, 2.45) is 4.36 Å². The van der Waals surface area contributed by atoms with E-state index < -0.39 is 15.7 Å². The molecule has 3 aromatic rings. The largest absolute Gasteiger partial charge is 0.497 e. The Morgan fingerprint density at radius 1 is 1.07 bits per heavy atom. The summed E-state index contributed by atoms with van der Waals surface area (Å²) < 4.78 is 22.8. The van der Waals surface area contributed by atoms with Crippen LogP contribution in [0.25, 0.3) is 0 Å². The van der Waals surface area contributed by atoms with Gasteiger partial charge >= 0.3 is 5.97 Å². The monoisotopic (exact) mass is 406 g/mol. The van der Waals surface area contributed by atoms with Gasteiger partial charge in [0.2, 0.25) is 0 Å². The lowest BCUT2D eigenvalue weighted by Gasteiger charge is -2.07. The Labute approximate surface area is 169 Å². The van der Waals surface area contributed by atoms with E-state index in [0.717, 1.165) is 0 Å². The van der Waals surface area contributed by atoms with E-state index in [9.17, 15) is 9.00 Å². The molecule has 1 N–H and O–H groups in total. The first-order valence-electron chi connectivity index (χ1n) is 8.56. The third kappa shape index (κ3) is 5.00. The number of carboxylic acid groups (broad SMARTS) is 1. The molecule has 0 saturated heterocycles. The van der Waals surface area contributed by atoms with Gasteiger partial charge in [0.25, 0.3) is 0 Å². The van der Waals surface area contributed by atoms with Gasteiger partial charge in [0, 0.05) is 22.9 Å². The lowest BCUT2D eigenvalue weighted by atomic mass is 10.1. The van der Waals surface area contributed by atoms with E-state index in [0.29, 0.717) is 27.5 Å².